The fraction of sp³-hybridized carbons (Fsp3) is 0.480. The van der Waals surface area contributed by atoms with E-state index >= 15 is 4.39 Å². The lowest BCUT2D eigenvalue weighted by Crippen LogP contribution is -2.54. The molecule has 2 aromatic carbocycles. The number of sulfone groups is 1. The van der Waals surface area contributed by atoms with E-state index in [0.717, 1.165) is 24.3 Å². The number of ether oxygens (including phenoxy) is 1. The third-order valence-corrected chi connectivity index (χ3v) is 12.1. The van der Waals surface area contributed by atoms with E-state index in [0.29, 0.717) is 18.6 Å². The average molecular weight is 580 g/mol. The van der Waals surface area contributed by atoms with Crippen molar-refractivity contribution in [2.24, 2.45) is 16.2 Å². The van der Waals surface area contributed by atoms with Crippen LogP contribution in [0.4, 0.5) is 22.0 Å². The number of nitrogens with zero attached hydrogens (tertiary/aromatic N) is 1. The standard InChI is InChI=1S/C25H26F5NO5S2/c1-3-17(38(34,35)31-2)13-15-5-4-12-24(19(15)14-36-23-21(27)11-10-20(26)22(23)24)37(32,33)18-8-6-16(7-9-18)25(28,29)30/h6-11,15,17,19H,2-5,12-14H2,1H3/t15-,17+,19-,24-/m0/s1. The molecule has 0 saturated heterocycles. The van der Waals surface area contributed by atoms with Crippen LogP contribution in [0.5, 0.6) is 5.75 Å². The van der Waals surface area contributed by atoms with Gasteiger partial charge in [0.25, 0.3) is 10.0 Å². The van der Waals surface area contributed by atoms with Crippen LogP contribution in [0.1, 0.15) is 50.2 Å². The van der Waals surface area contributed by atoms with Gasteiger partial charge in [-0.15, -0.1) is 0 Å². The van der Waals surface area contributed by atoms with Gasteiger partial charge >= 0.3 is 6.18 Å². The van der Waals surface area contributed by atoms with E-state index in [1.54, 1.807) is 6.92 Å². The largest absolute Gasteiger partial charge is 0.490 e. The van der Waals surface area contributed by atoms with Gasteiger partial charge in [0.15, 0.2) is 21.4 Å². The third-order valence-electron chi connectivity index (χ3n) is 7.77. The maximum atomic E-state index is 15.5. The van der Waals surface area contributed by atoms with Crippen molar-refractivity contribution in [1.29, 1.82) is 0 Å². The van der Waals surface area contributed by atoms with Crippen molar-refractivity contribution in [2.75, 3.05) is 6.61 Å². The second-order valence-electron chi connectivity index (χ2n) is 9.63. The first-order chi connectivity index (χ1) is 17.7. The molecule has 4 rings (SSSR count). The number of hydrogen-bond donors (Lipinski definition) is 0. The Morgan fingerprint density at radius 3 is 2.29 bits per heavy atom. The fourth-order valence-corrected chi connectivity index (χ4v) is 9.51. The van der Waals surface area contributed by atoms with Crippen molar-refractivity contribution in [3.05, 3.63) is 59.2 Å². The Bertz CT molecular complexity index is 1440. The summed E-state index contributed by atoms with van der Waals surface area (Å²) in [4.78, 5) is -0.486. The fourth-order valence-electron chi connectivity index (χ4n) is 5.94. The first kappa shape index (κ1) is 28.5. The summed E-state index contributed by atoms with van der Waals surface area (Å²) in [5, 5.41) is -0.992. The van der Waals surface area contributed by atoms with Crippen molar-refractivity contribution >= 4 is 26.6 Å². The molecule has 0 bridgehead atoms. The molecule has 0 unspecified atom stereocenters. The number of rotatable bonds is 7. The molecule has 208 valence electrons. The Kier molecular flexibility index (Phi) is 7.41. The van der Waals surface area contributed by atoms with Crippen LogP contribution in [-0.4, -0.2) is 35.4 Å². The van der Waals surface area contributed by atoms with Crippen LogP contribution in [-0.2, 0) is 30.8 Å². The van der Waals surface area contributed by atoms with Gasteiger partial charge in [-0.1, -0.05) is 13.3 Å². The van der Waals surface area contributed by atoms with Gasteiger partial charge in [-0.05, 0) is 68.0 Å². The van der Waals surface area contributed by atoms with Crippen molar-refractivity contribution < 1.29 is 43.5 Å². The minimum atomic E-state index is -4.71. The summed E-state index contributed by atoms with van der Waals surface area (Å²) >= 11 is 0. The maximum absolute atomic E-state index is 15.5. The Labute approximate surface area is 217 Å². The first-order valence-electron chi connectivity index (χ1n) is 12.0. The highest BCUT2D eigenvalue weighted by atomic mass is 32.2. The van der Waals surface area contributed by atoms with Crippen LogP contribution in [0.3, 0.4) is 0 Å². The summed E-state index contributed by atoms with van der Waals surface area (Å²) in [6, 6.07) is 4.45. The molecule has 38 heavy (non-hydrogen) atoms. The molecule has 1 saturated carbocycles. The molecule has 1 aliphatic heterocycles. The molecule has 0 radical (unpaired) electrons. The van der Waals surface area contributed by atoms with E-state index in [1.807, 2.05) is 0 Å². The maximum Gasteiger partial charge on any atom is 0.416 e. The van der Waals surface area contributed by atoms with Crippen LogP contribution in [0.2, 0.25) is 0 Å². The van der Waals surface area contributed by atoms with Crippen molar-refractivity contribution in [1.82, 2.24) is 0 Å². The van der Waals surface area contributed by atoms with E-state index in [1.165, 1.54) is 0 Å². The molecule has 13 heteroatoms. The molecule has 0 amide bonds. The molecule has 1 fully saturated rings. The molecule has 4 atom stereocenters. The number of hydrogen-bond acceptors (Lipinski definition) is 5. The molecule has 1 heterocycles. The van der Waals surface area contributed by atoms with E-state index < -0.39 is 81.3 Å². The highest BCUT2D eigenvalue weighted by molar-refractivity contribution is 7.92. The minimum absolute atomic E-state index is 0.0254. The molecular formula is C25H26F5NO5S2. The van der Waals surface area contributed by atoms with Gasteiger partial charge < -0.3 is 4.74 Å². The Morgan fingerprint density at radius 1 is 1.08 bits per heavy atom. The number of benzene rings is 2. The van der Waals surface area contributed by atoms with Gasteiger partial charge in [0.1, 0.15) is 10.6 Å². The van der Waals surface area contributed by atoms with Crippen molar-refractivity contribution in [3.8, 4) is 5.75 Å². The SMILES string of the molecule is C=NS(=O)(=O)[C@H](CC)C[C@@H]1CCC[C@@]2(S(=O)(=O)c3ccc(C(F)(F)F)cc3)c3c(F)ccc(F)c3OC[C@@H]12. The molecule has 1 aliphatic carbocycles. The predicted octanol–water partition coefficient (Wildman–Crippen LogP) is 5.66. The zero-order chi connectivity index (χ0) is 28.1. The second kappa shape index (κ2) is 9.89. The second-order valence-corrected chi connectivity index (χ2v) is 13.8. The van der Waals surface area contributed by atoms with Crippen LogP contribution in [0.15, 0.2) is 45.7 Å². The smallest absolute Gasteiger partial charge is 0.416 e. The van der Waals surface area contributed by atoms with Crippen LogP contribution in [0, 0.1) is 23.5 Å². The van der Waals surface area contributed by atoms with E-state index in [-0.39, 0.29) is 32.3 Å². The van der Waals surface area contributed by atoms with Crippen molar-refractivity contribution in [2.45, 2.75) is 60.1 Å². The van der Waals surface area contributed by atoms with Crippen LogP contribution < -0.4 is 4.74 Å². The third kappa shape index (κ3) is 4.51. The van der Waals surface area contributed by atoms with Crippen molar-refractivity contribution in [3.63, 3.8) is 0 Å². The van der Waals surface area contributed by atoms with Gasteiger partial charge in [0, 0.05) is 12.6 Å². The summed E-state index contributed by atoms with van der Waals surface area (Å²) in [6.07, 6.45) is -4.13. The summed E-state index contributed by atoms with van der Waals surface area (Å²) in [6.45, 7) is 4.39. The molecule has 0 N–H and O–H groups in total. The Hall–Kier alpha value is -2.54. The Morgan fingerprint density at radius 2 is 1.71 bits per heavy atom. The zero-order valence-corrected chi connectivity index (χ0v) is 22.0. The number of halogens is 5. The van der Waals surface area contributed by atoms with E-state index in [4.69, 9.17) is 4.74 Å². The summed E-state index contributed by atoms with van der Waals surface area (Å²) in [7, 11) is -8.62. The highest BCUT2D eigenvalue weighted by Crippen LogP contribution is 2.59. The first-order valence-corrected chi connectivity index (χ1v) is 14.9. The predicted molar refractivity (Wildman–Crippen MR) is 130 cm³/mol. The average Bonchev–Trinajstić information content (AvgIpc) is 2.88. The lowest BCUT2D eigenvalue weighted by molar-refractivity contribution is -0.137. The highest BCUT2D eigenvalue weighted by Gasteiger charge is 2.61. The number of alkyl halides is 3. The zero-order valence-electron chi connectivity index (χ0n) is 20.3. The molecule has 2 aliphatic rings. The summed E-state index contributed by atoms with van der Waals surface area (Å²) < 4.78 is 130. The van der Waals surface area contributed by atoms with Gasteiger partial charge in [-0.25, -0.2) is 25.6 Å². The lowest BCUT2D eigenvalue weighted by Gasteiger charge is -2.50. The van der Waals surface area contributed by atoms with E-state index in [2.05, 4.69) is 11.1 Å². The number of sulfonamides is 1. The molecule has 6 nitrogen and oxygen atoms in total. The number of fused-ring (bicyclic) bond motifs is 3. The van der Waals surface area contributed by atoms with Gasteiger partial charge in [-0.2, -0.15) is 17.6 Å². The summed E-state index contributed by atoms with van der Waals surface area (Å²) in [5.41, 5.74) is -1.58. The molecule has 2 aromatic rings. The Balaban J connectivity index is 1.93. The summed E-state index contributed by atoms with van der Waals surface area (Å²) in [5.74, 6) is -4.21. The normalized spacial score (nSPS) is 24.6. The molecule has 0 aromatic heterocycles. The van der Waals surface area contributed by atoms with Crippen LogP contribution >= 0.6 is 0 Å². The quantitative estimate of drug-likeness (QED) is 0.312. The van der Waals surface area contributed by atoms with Gasteiger partial charge in [0.2, 0.25) is 0 Å². The lowest BCUT2D eigenvalue weighted by atomic mass is 9.66. The monoisotopic (exact) mass is 579 g/mol. The van der Waals surface area contributed by atoms with Crippen LogP contribution in [0.25, 0.3) is 0 Å². The molecule has 0 spiro atoms. The topological polar surface area (TPSA) is 89.9 Å². The van der Waals surface area contributed by atoms with Gasteiger partial charge in [-0.3, -0.25) is 0 Å². The minimum Gasteiger partial charge on any atom is -0.490 e. The van der Waals surface area contributed by atoms with E-state index in [9.17, 15) is 34.4 Å². The molecular weight excluding hydrogens is 553 g/mol. The van der Waals surface area contributed by atoms with Gasteiger partial charge in [0.05, 0.1) is 27.9 Å².